The largest absolute Gasteiger partial charge is 0.313 e. The SMILES string of the molecule is CNC(C)c1ccc(N2CCCCC2=O)cc1. The van der Waals surface area contributed by atoms with Gasteiger partial charge in [-0.2, -0.15) is 0 Å². The Morgan fingerprint density at radius 1 is 1.24 bits per heavy atom. The molecule has 1 aliphatic heterocycles. The molecule has 1 fully saturated rings. The average molecular weight is 232 g/mol. The summed E-state index contributed by atoms with van der Waals surface area (Å²) < 4.78 is 0. The molecule has 0 aliphatic carbocycles. The van der Waals surface area contributed by atoms with E-state index in [1.807, 2.05) is 24.1 Å². The summed E-state index contributed by atoms with van der Waals surface area (Å²) >= 11 is 0. The summed E-state index contributed by atoms with van der Waals surface area (Å²) in [5.41, 5.74) is 2.28. The van der Waals surface area contributed by atoms with Crippen LogP contribution < -0.4 is 10.2 Å². The number of nitrogens with one attached hydrogen (secondary N) is 1. The van der Waals surface area contributed by atoms with Crippen molar-refractivity contribution in [3.8, 4) is 0 Å². The average Bonchev–Trinajstić information content (AvgIpc) is 2.39. The minimum absolute atomic E-state index is 0.255. The topological polar surface area (TPSA) is 32.3 Å². The Morgan fingerprint density at radius 2 is 1.94 bits per heavy atom. The number of hydrogen-bond donors (Lipinski definition) is 1. The lowest BCUT2D eigenvalue weighted by Crippen LogP contribution is -2.35. The number of rotatable bonds is 3. The molecule has 0 radical (unpaired) electrons. The second-order valence-electron chi connectivity index (χ2n) is 4.60. The highest BCUT2D eigenvalue weighted by Gasteiger charge is 2.19. The normalized spacial score (nSPS) is 18.2. The Hall–Kier alpha value is -1.35. The third kappa shape index (κ3) is 2.67. The van der Waals surface area contributed by atoms with E-state index in [2.05, 4.69) is 24.4 Å². The van der Waals surface area contributed by atoms with Crippen LogP contribution >= 0.6 is 0 Å². The molecule has 1 aliphatic rings. The molecular formula is C14H20N2O. The van der Waals surface area contributed by atoms with Gasteiger partial charge in [-0.05, 0) is 44.5 Å². The van der Waals surface area contributed by atoms with Gasteiger partial charge in [0, 0.05) is 24.7 Å². The Balaban J connectivity index is 2.14. The van der Waals surface area contributed by atoms with Crippen LogP contribution in [0.15, 0.2) is 24.3 Å². The molecule has 1 saturated heterocycles. The van der Waals surface area contributed by atoms with E-state index in [0.717, 1.165) is 25.1 Å². The molecular weight excluding hydrogens is 212 g/mol. The smallest absolute Gasteiger partial charge is 0.226 e. The van der Waals surface area contributed by atoms with Gasteiger partial charge in [0.1, 0.15) is 0 Å². The van der Waals surface area contributed by atoms with Gasteiger partial charge in [0.2, 0.25) is 5.91 Å². The van der Waals surface area contributed by atoms with Crippen molar-refractivity contribution in [1.82, 2.24) is 5.32 Å². The van der Waals surface area contributed by atoms with Crippen molar-refractivity contribution in [3.05, 3.63) is 29.8 Å². The molecule has 1 N–H and O–H groups in total. The number of amides is 1. The molecule has 1 amide bonds. The fourth-order valence-corrected chi connectivity index (χ4v) is 2.19. The predicted molar refractivity (Wildman–Crippen MR) is 70.1 cm³/mol. The van der Waals surface area contributed by atoms with Gasteiger partial charge >= 0.3 is 0 Å². The lowest BCUT2D eigenvalue weighted by molar-refractivity contribution is -0.119. The number of benzene rings is 1. The van der Waals surface area contributed by atoms with E-state index in [-0.39, 0.29) is 5.91 Å². The van der Waals surface area contributed by atoms with Crippen molar-refractivity contribution in [1.29, 1.82) is 0 Å². The van der Waals surface area contributed by atoms with Gasteiger partial charge in [0.05, 0.1) is 0 Å². The van der Waals surface area contributed by atoms with E-state index in [0.29, 0.717) is 12.5 Å². The summed E-state index contributed by atoms with van der Waals surface area (Å²) in [6.45, 7) is 2.99. The first-order valence-corrected chi connectivity index (χ1v) is 6.30. The van der Waals surface area contributed by atoms with Crippen molar-refractivity contribution < 1.29 is 4.79 Å². The number of piperidine rings is 1. The van der Waals surface area contributed by atoms with Gasteiger partial charge in [-0.25, -0.2) is 0 Å². The van der Waals surface area contributed by atoms with Crippen LogP contribution in [0.25, 0.3) is 0 Å². The van der Waals surface area contributed by atoms with E-state index >= 15 is 0 Å². The van der Waals surface area contributed by atoms with E-state index in [1.165, 1.54) is 5.56 Å². The maximum Gasteiger partial charge on any atom is 0.226 e. The molecule has 17 heavy (non-hydrogen) atoms. The van der Waals surface area contributed by atoms with E-state index < -0.39 is 0 Å². The number of hydrogen-bond acceptors (Lipinski definition) is 2. The molecule has 2 rings (SSSR count). The molecule has 1 atom stereocenters. The fourth-order valence-electron chi connectivity index (χ4n) is 2.19. The van der Waals surface area contributed by atoms with Gasteiger partial charge in [-0.15, -0.1) is 0 Å². The van der Waals surface area contributed by atoms with E-state index in [4.69, 9.17) is 0 Å². The van der Waals surface area contributed by atoms with Gasteiger partial charge in [0.25, 0.3) is 0 Å². The number of carbonyl (C=O) groups is 1. The minimum atomic E-state index is 0.255. The van der Waals surface area contributed by atoms with Crippen LogP contribution in [0.1, 0.15) is 37.8 Å². The zero-order chi connectivity index (χ0) is 12.3. The molecule has 1 heterocycles. The molecule has 92 valence electrons. The lowest BCUT2D eigenvalue weighted by atomic mass is 10.1. The van der Waals surface area contributed by atoms with Crippen LogP contribution in [0, 0.1) is 0 Å². The third-order valence-electron chi connectivity index (χ3n) is 3.46. The standard InChI is InChI=1S/C14H20N2O/c1-11(15-2)12-6-8-13(9-7-12)16-10-4-3-5-14(16)17/h6-9,11,15H,3-5,10H2,1-2H3. The second-order valence-corrected chi connectivity index (χ2v) is 4.60. The van der Waals surface area contributed by atoms with Crippen molar-refractivity contribution in [2.24, 2.45) is 0 Å². The summed E-state index contributed by atoms with van der Waals surface area (Å²) in [5.74, 6) is 0.255. The van der Waals surface area contributed by atoms with Crippen molar-refractivity contribution in [3.63, 3.8) is 0 Å². The Bertz CT molecular complexity index is 386. The van der Waals surface area contributed by atoms with Crippen LogP contribution in [0.2, 0.25) is 0 Å². The summed E-state index contributed by atoms with van der Waals surface area (Å²) in [7, 11) is 1.95. The quantitative estimate of drug-likeness (QED) is 0.868. The zero-order valence-electron chi connectivity index (χ0n) is 10.6. The number of nitrogens with zero attached hydrogens (tertiary/aromatic N) is 1. The third-order valence-corrected chi connectivity index (χ3v) is 3.46. The molecule has 0 bridgehead atoms. The first-order chi connectivity index (χ1) is 8.22. The molecule has 1 aromatic rings. The highest BCUT2D eigenvalue weighted by atomic mass is 16.2. The zero-order valence-corrected chi connectivity index (χ0v) is 10.6. The predicted octanol–water partition coefficient (Wildman–Crippen LogP) is 2.48. The molecule has 0 spiro atoms. The van der Waals surface area contributed by atoms with Gasteiger partial charge < -0.3 is 10.2 Å². The molecule has 1 aromatic carbocycles. The van der Waals surface area contributed by atoms with Crippen LogP contribution in [0.3, 0.4) is 0 Å². The van der Waals surface area contributed by atoms with Gasteiger partial charge in [-0.3, -0.25) is 4.79 Å². The van der Waals surface area contributed by atoms with Crippen molar-refractivity contribution in [2.45, 2.75) is 32.2 Å². The van der Waals surface area contributed by atoms with Crippen LogP contribution in [0.5, 0.6) is 0 Å². The monoisotopic (exact) mass is 232 g/mol. The number of carbonyl (C=O) groups excluding carboxylic acids is 1. The summed E-state index contributed by atoms with van der Waals surface area (Å²) in [4.78, 5) is 13.7. The Kier molecular flexibility index (Phi) is 3.79. The second kappa shape index (κ2) is 5.32. The first kappa shape index (κ1) is 12.1. The Morgan fingerprint density at radius 3 is 2.53 bits per heavy atom. The van der Waals surface area contributed by atoms with Gasteiger partial charge in [-0.1, -0.05) is 12.1 Å². The summed E-state index contributed by atoms with van der Waals surface area (Å²) in [5, 5.41) is 3.21. The van der Waals surface area contributed by atoms with Gasteiger partial charge in [0.15, 0.2) is 0 Å². The molecule has 1 unspecified atom stereocenters. The summed E-state index contributed by atoms with van der Waals surface area (Å²) in [6.07, 6.45) is 2.83. The Labute approximate surface area is 103 Å². The maximum absolute atomic E-state index is 11.8. The lowest BCUT2D eigenvalue weighted by Gasteiger charge is -2.27. The van der Waals surface area contributed by atoms with Crippen LogP contribution in [0.4, 0.5) is 5.69 Å². The van der Waals surface area contributed by atoms with E-state index in [1.54, 1.807) is 0 Å². The van der Waals surface area contributed by atoms with Crippen molar-refractivity contribution in [2.75, 3.05) is 18.5 Å². The molecule has 0 aromatic heterocycles. The molecule has 3 nitrogen and oxygen atoms in total. The minimum Gasteiger partial charge on any atom is -0.313 e. The first-order valence-electron chi connectivity index (χ1n) is 6.30. The highest BCUT2D eigenvalue weighted by Crippen LogP contribution is 2.22. The maximum atomic E-state index is 11.8. The fraction of sp³-hybridized carbons (Fsp3) is 0.500. The van der Waals surface area contributed by atoms with Crippen LogP contribution in [-0.2, 0) is 4.79 Å². The number of anilines is 1. The van der Waals surface area contributed by atoms with Crippen LogP contribution in [-0.4, -0.2) is 19.5 Å². The molecule has 3 heteroatoms. The molecule has 0 saturated carbocycles. The van der Waals surface area contributed by atoms with Crippen molar-refractivity contribution >= 4 is 11.6 Å². The summed E-state index contributed by atoms with van der Waals surface area (Å²) in [6, 6.07) is 8.64. The highest BCUT2D eigenvalue weighted by molar-refractivity contribution is 5.93. The van der Waals surface area contributed by atoms with E-state index in [9.17, 15) is 4.79 Å².